The Balaban J connectivity index is 3.29. The molecule has 0 bridgehead atoms. The molecule has 0 fully saturated rings. The Labute approximate surface area is 47.0 Å². The highest BCUT2D eigenvalue weighted by molar-refractivity contribution is 7.32. The summed E-state index contributed by atoms with van der Waals surface area (Å²) in [7, 11) is -2.65. The van der Waals surface area contributed by atoms with E-state index in [9.17, 15) is 4.57 Å². The normalized spacial score (nSPS) is 9.00. The maximum Gasteiger partial charge on any atom is 0.756 e. The van der Waals surface area contributed by atoms with E-state index < -0.39 is 8.25 Å². The Hall–Kier alpha value is -0.620. The van der Waals surface area contributed by atoms with Crippen molar-refractivity contribution >= 4 is 8.25 Å². The molecule has 0 heterocycles. The van der Waals surface area contributed by atoms with Gasteiger partial charge >= 0.3 is 8.25 Å². The summed E-state index contributed by atoms with van der Waals surface area (Å²) >= 11 is 0. The maximum atomic E-state index is 9.62. The Kier molecular flexibility index (Phi) is 4.19. The molecule has 1 atom stereocenters. The summed E-state index contributed by atoms with van der Waals surface area (Å²) in [5, 5.41) is 7.95. The molecule has 44 valence electrons. The molecule has 4 nitrogen and oxygen atoms in total. The molecule has 0 amide bonds. The van der Waals surface area contributed by atoms with E-state index in [0.717, 1.165) is 0 Å². The molecule has 0 rings (SSSR count). The topological polar surface area (TPSA) is 66.8 Å². The van der Waals surface area contributed by atoms with E-state index >= 15 is 0 Å². The second kappa shape index (κ2) is 4.54. The fourth-order valence-electron chi connectivity index (χ4n) is 0.104. The molecule has 0 radical (unpaired) electrons. The first-order chi connectivity index (χ1) is 3.77. The summed E-state index contributed by atoms with van der Waals surface area (Å²) in [4.78, 5) is 7.88. The third-order valence-corrected chi connectivity index (χ3v) is 0.522. The zero-order chi connectivity index (χ0) is 6.41. The van der Waals surface area contributed by atoms with Crippen LogP contribution in [0.15, 0.2) is 0 Å². The lowest BCUT2D eigenvalue weighted by molar-refractivity contribution is 0.347. The molecule has 2 N–H and O–H groups in total. The van der Waals surface area contributed by atoms with Crippen molar-refractivity contribution in [1.82, 2.24) is 0 Å². The molecule has 0 aliphatic carbocycles. The summed E-state index contributed by atoms with van der Waals surface area (Å²) in [6.45, 7) is -0.372. The van der Waals surface area contributed by atoms with Gasteiger partial charge in [0.15, 0.2) is 6.11 Å². The van der Waals surface area contributed by atoms with E-state index in [1.54, 1.807) is 6.11 Å². The summed E-state index contributed by atoms with van der Waals surface area (Å²) in [5.41, 5.74) is 0. The van der Waals surface area contributed by atoms with E-state index in [-0.39, 0.29) is 6.61 Å². The van der Waals surface area contributed by atoms with Crippen molar-refractivity contribution in [2.24, 2.45) is 0 Å². The van der Waals surface area contributed by atoms with Crippen molar-refractivity contribution < 1.29 is 19.1 Å². The van der Waals surface area contributed by atoms with Gasteiger partial charge in [0.2, 0.25) is 0 Å². The summed E-state index contributed by atoms with van der Waals surface area (Å²) in [5.74, 6) is 2.02. The lowest BCUT2D eigenvalue weighted by Gasteiger charge is -1.65. The van der Waals surface area contributed by atoms with Gasteiger partial charge in [-0.15, -0.1) is 4.89 Å². The van der Waals surface area contributed by atoms with Crippen LogP contribution in [0.5, 0.6) is 0 Å². The van der Waals surface area contributed by atoms with Gasteiger partial charge < -0.3 is 5.11 Å². The fourth-order valence-corrected chi connectivity index (χ4v) is 0.246. The lowest BCUT2D eigenvalue weighted by atomic mass is 10.8. The van der Waals surface area contributed by atoms with Crippen LogP contribution < -0.4 is 0 Å². The molecule has 0 aromatic carbocycles. The number of aliphatic hydroxyl groups excluding tert-OH is 1. The fraction of sp³-hybridized carbons (Fsp3) is 0.333. The van der Waals surface area contributed by atoms with E-state index in [4.69, 9.17) is 10.00 Å². The predicted octanol–water partition coefficient (Wildman–Crippen LogP) is -0.394. The Bertz CT molecular complexity index is 132. The molecule has 0 spiro atoms. The van der Waals surface area contributed by atoms with Gasteiger partial charge in [-0.05, 0) is 5.92 Å². The second-order valence-electron chi connectivity index (χ2n) is 0.766. The summed E-state index contributed by atoms with van der Waals surface area (Å²) in [6.07, 6.45) is 1.80. The van der Waals surface area contributed by atoms with Gasteiger partial charge in [-0.3, -0.25) is 0 Å². The van der Waals surface area contributed by atoms with Crippen LogP contribution in [0, 0.1) is 12.0 Å². The van der Waals surface area contributed by atoms with Crippen LogP contribution in [-0.2, 0) is 9.09 Å². The van der Waals surface area contributed by atoms with Crippen molar-refractivity contribution in [2.75, 3.05) is 6.61 Å². The van der Waals surface area contributed by atoms with Crippen LogP contribution in [0.2, 0.25) is 0 Å². The molecular weight excluding hydrogens is 131 g/mol. The lowest BCUT2D eigenvalue weighted by Crippen LogP contribution is -1.71. The van der Waals surface area contributed by atoms with Crippen LogP contribution in [0.4, 0.5) is 0 Å². The van der Waals surface area contributed by atoms with Crippen molar-refractivity contribution in [1.29, 1.82) is 0 Å². The monoisotopic (exact) mass is 135 g/mol. The minimum Gasteiger partial charge on any atom is -0.384 e. The first-order valence-electron chi connectivity index (χ1n) is 1.69. The standard InChI is InChI=1S/C3H3O4P/c4-2-1-3-7-8(5)6/h4H,2H2/p+1. The molecule has 0 aliphatic rings. The second-order valence-corrected chi connectivity index (χ2v) is 1.42. The number of hydrogen-bond donors (Lipinski definition) is 2. The number of hydrogen-bond acceptors (Lipinski definition) is 3. The van der Waals surface area contributed by atoms with Crippen LogP contribution >= 0.6 is 8.25 Å². The Morgan fingerprint density at radius 2 is 2.38 bits per heavy atom. The van der Waals surface area contributed by atoms with Crippen LogP contribution in [-0.4, -0.2) is 16.6 Å². The van der Waals surface area contributed by atoms with Crippen LogP contribution in [0.1, 0.15) is 0 Å². The molecule has 0 aromatic rings. The van der Waals surface area contributed by atoms with E-state index in [0.29, 0.717) is 0 Å². The van der Waals surface area contributed by atoms with Gasteiger partial charge in [0.05, 0.1) is 0 Å². The minimum absolute atomic E-state index is 0.372. The first-order valence-corrected chi connectivity index (χ1v) is 2.82. The van der Waals surface area contributed by atoms with Gasteiger partial charge in [-0.1, -0.05) is 0 Å². The highest BCUT2D eigenvalue weighted by atomic mass is 31.1. The number of rotatable bonds is 1. The highest BCUT2D eigenvalue weighted by Crippen LogP contribution is 2.11. The van der Waals surface area contributed by atoms with Crippen LogP contribution in [0.25, 0.3) is 0 Å². The molecule has 8 heavy (non-hydrogen) atoms. The minimum atomic E-state index is -2.65. The SMILES string of the molecule is O=[P+](O)OC#CCO. The van der Waals surface area contributed by atoms with Crippen molar-refractivity contribution in [3.05, 3.63) is 0 Å². The highest BCUT2D eigenvalue weighted by Gasteiger charge is 2.07. The van der Waals surface area contributed by atoms with E-state index in [2.05, 4.69) is 4.52 Å². The molecule has 0 aromatic heterocycles. The van der Waals surface area contributed by atoms with Crippen molar-refractivity contribution in [3.63, 3.8) is 0 Å². The average molecular weight is 135 g/mol. The van der Waals surface area contributed by atoms with Gasteiger partial charge in [0.25, 0.3) is 0 Å². The van der Waals surface area contributed by atoms with Crippen molar-refractivity contribution in [3.8, 4) is 12.0 Å². The van der Waals surface area contributed by atoms with E-state index in [1.165, 1.54) is 0 Å². The number of aliphatic hydroxyl groups is 1. The average Bonchev–Trinajstić information content (AvgIpc) is 1.66. The quantitative estimate of drug-likeness (QED) is 0.379. The molecule has 1 unspecified atom stereocenters. The predicted molar refractivity (Wildman–Crippen MR) is 25.8 cm³/mol. The van der Waals surface area contributed by atoms with Gasteiger partial charge in [-0.2, -0.15) is 4.52 Å². The largest absolute Gasteiger partial charge is 0.756 e. The molecule has 0 saturated carbocycles. The van der Waals surface area contributed by atoms with E-state index in [1.807, 2.05) is 5.92 Å². The molecule has 0 aliphatic heterocycles. The molecule has 0 saturated heterocycles. The van der Waals surface area contributed by atoms with Crippen molar-refractivity contribution in [2.45, 2.75) is 0 Å². The summed E-state index contributed by atoms with van der Waals surface area (Å²) in [6, 6.07) is 0. The van der Waals surface area contributed by atoms with Gasteiger partial charge in [-0.25, -0.2) is 0 Å². The zero-order valence-corrected chi connectivity index (χ0v) is 4.76. The summed E-state index contributed by atoms with van der Waals surface area (Å²) < 4.78 is 13.4. The molecule has 5 heteroatoms. The van der Waals surface area contributed by atoms with Crippen LogP contribution in [0.3, 0.4) is 0 Å². The third-order valence-electron chi connectivity index (χ3n) is 0.275. The maximum absolute atomic E-state index is 9.62. The first kappa shape index (κ1) is 7.38. The Morgan fingerprint density at radius 3 is 2.75 bits per heavy atom. The van der Waals surface area contributed by atoms with Gasteiger partial charge in [0.1, 0.15) is 6.61 Å². The Morgan fingerprint density at radius 1 is 1.75 bits per heavy atom. The van der Waals surface area contributed by atoms with Gasteiger partial charge in [0, 0.05) is 4.57 Å². The zero-order valence-electron chi connectivity index (χ0n) is 3.87. The molecular formula is C3H4O4P+. The third kappa shape index (κ3) is 5.38. The smallest absolute Gasteiger partial charge is 0.384 e.